The summed E-state index contributed by atoms with van der Waals surface area (Å²) in [6, 6.07) is 6.58. The first-order valence-electron chi connectivity index (χ1n) is 7.72. The van der Waals surface area contributed by atoms with Gasteiger partial charge in [0.25, 0.3) is 0 Å². The van der Waals surface area contributed by atoms with Crippen LogP contribution >= 0.6 is 0 Å². The van der Waals surface area contributed by atoms with E-state index in [0.717, 1.165) is 38.0 Å². The largest absolute Gasteiger partial charge is 0.393 e. The highest BCUT2D eigenvalue weighted by atomic mass is 19.1. The molecule has 0 radical (unpaired) electrons. The van der Waals surface area contributed by atoms with Crippen molar-refractivity contribution in [2.75, 3.05) is 13.1 Å². The van der Waals surface area contributed by atoms with E-state index in [9.17, 15) is 9.50 Å². The minimum atomic E-state index is -0.282. The number of aromatic nitrogens is 2. The Kier molecular flexibility index (Phi) is 4.55. The standard InChI is InChI=1S/C17H22FN3O/c1-20-10-14(9-19-20)11-21-7-6-17(22)15(12-21)8-13-2-4-16(18)5-3-13/h2-5,9-10,15,17,22H,6-8,11-12H2,1H3/t15-,17+/m1/s1. The van der Waals surface area contributed by atoms with Gasteiger partial charge >= 0.3 is 0 Å². The molecule has 0 amide bonds. The van der Waals surface area contributed by atoms with E-state index in [-0.39, 0.29) is 17.8 Å². The Bertz CT molecular complexity index is 611. The Morgan fingerprint density at radius 3 is 2.73 bits per heavy atom. The normalized spacial score (nSPS) is 22.9. The molecule has 1 aromatic heterocycles. The molecule has 1 N–H and O–H groups in total. The van der Waals surface area contributed by atoms with Crippen molar-refractivity contribution < 1.29 is 9.50 Å². The van der Waals surface area contributed by atoms with E-state index in [1.165, 1.54) is 17.7 Å². The predicted octanol–water partition coefficient (Wildman–Crippen LogP) is 1.98. The molecule has 1 aliphatic heterocycles. The van der Waals surface area contributed by atoms with E-state index in [4.69, 9.17) is 0 Å². The Hall–Kier alpha value is -1.72. The molecule has 0 bridgehead atoms. The SMILES string of the molecule is Cn1cc(CN2CC[C@H](O)[C@H](Cc3ccc(F)cc3)C2)cn1. The van der Waals surface area contributed by atoms with Crippen LogP contribution in [-0.2, 0) is 20.0 Å². The summed E-state index contributed by atoms with van der Waals surface area (Å²) >= 11 is 0. The van der Waals surface area contributed by atoms with Gasteiger partial charge in [-0.1, -0.05) is 12.1 Å². The van der Waals surface area contributed by atoms with Crippen LogP contribution in [0.4, 0.5) is 4.39 Å². The molecule has 2 atom stereocenters. The Morgan fingerprint density at radius 2 is 2.05 bits per heavy atom. The molecule has 3 rings (SSSR count). The smallest absolute Gasteiger partial charge is 0.123 e. The summed E-state index contributed by atoms with van der Waals surface area (Å²) in [4.78, 5) is 2.36. The number of likely N-dealkylation sites (tertiary alicyclic amines) is 1. The fourth-order valence-corrected chi connectivity index (χ4v) is 3.17. The zero-order valence-corrected chi connectivity index (χ0v) is 12.8. The second-order valence-corrected chi connectivity index (χ2v) is 6.20. The molecule has 22 heavy (non-hydrogen) atoms. The summed E-state index contributed by atoms with van der Waals surface area (Å²) in [5.41, 5.74) is 2.27. The van der Waals surface area contributed by atoms with Crippen molar-refractivity contribution in [3.05, 3.63) is 53.6 Å². The molecule has 4 nitrogen and oxygen atoms in total. The minimum Gasteiger partial charge on any atom is -0.393 e. The third kappa shape index (κ3) is 3.72. The van der Waals surface area contributed by atoms with Crippen LogP contribution in [0.1, 0.15) is 17.5 Å². The number of hydrogen-bond donors (Lipinski definition) is 1. The van der Waals surface area contributed by atoms with Gasteiger partial charge in [0.15, 0.2) is 0 Å². The van der Waals surface area contributed by atoms with Crippen LogP contribution in [0.2, 0.25) is 0 Å². The number of piperidine rings is 1. The lowest BCUT2D eigenvalue weighted by atomic mass is 9.88. The fraction of sp³-hybridized carbons (Fsp3) is 0.471. The molecule has 2 heterocycles. The van der Waals surface area contributed by atoms with Crippen molar-refractivity contribution in [1.29, 1.82) is 0 Å². The van der Waals surface area contributed by atoms with Gasteiger partial charge in [-0.15, -0.1) is 0 Å². The van der Waals surface area contributed by atoms with Crippen molar-refractivity contribution in [3.8, 4) is 0 Å². The van der Waals surface area contributed by atoms with E-state index >= 15 is 0 Å². The van der Waals surface area contributed by atoms with Gasteiger partial charge in [0, 0.05) is 44.4 Å². The number of aliphatic hydroxyl groups excluding tert-OH is 1. The molecule has 0 spiro atoms. The van der Waals surface area contributed by atoms with Crippen LogP contribution < -0.4 is 0 Å². The van der Waals surface area contributed by atoms with Crippen LogP contribution in [0.5, 0.6) is 0 Å². The van der Waals surface area contributed by atoms with Crippen LogP contribution in [0, 0.1) is 11.7 Å². The zero-order chi connectivity index (χ0) is 15.5. The van der Waals surface area contributed by atoms with E-state index in [2.05, 4.69) is 10.00 Å². The lowest BCUT2D eigenvalue weighted by molar-refractivity contribution is 0.0239. The predicted molar refractivity (Wildman–Crippen MR) is 82.7 cm³/mol. The molecule has 1 fully saturated rings. The number of hydrogen-bond acceptors (Lipinski definition) is 3. The van der Waals surface area contributed by atoms with Gasteiger partial charge in [-0.2, -0.15) is 5.10 Å². The molecule has 1 saturated heterocycles. The van der Waals surface area contributed by atoms with Gasteiger partial charge in [0.1, 0.15) is 5.82 Å². The molecular formula is C17H22FN3O. The first kappa shape index (κ1) is 15.2. The average molecular weight is 303 g/mol. The molecule has 1 aliphatic rings. The lowest BCUT2D eigenvalue weighted by Gasteiger charge is -2.36. The topological polar surface area (TPSA) is 41.3 Å². The van der Waals surface area contributed by atoms with Crippen molar-refractivity contribution in [1.82, 2.24) is 14.7 Å². The van der Waals surface area contributed by atoms with E-state index in [0.29, 0.717) is 0 Å². The number of benzene rings is 1. The van der Waals surface area contributed by atoms with E-state index in [1.807, 2.05) is 36.3 Å². The first-order chi connectivity index (χ1) is 10.6. The van der Waals surface area contributed by atoms with Crippen LogP contribution in [0.3, 0.4) is 0 Å². The monoisotopic (exact) mass is 303 g/mol. The fourth-order valence-electron chi connectivity index (χ4n) is 3.17. The van der Waals surface area contributed by atoms with Gasteiger partial charge in [0.2, 0.25) is 0 Å². The van der Waals surface area contributed by atoms with Crippen LogP contribution in [-0.4, -0.2) is 39.0 Å². The highest BCUT2D eigenvalue weighted by Gasteiger charge is 2.28. The third-order valence-corrected chi connectivity index (χ3v) is 4.35. The average Bonchev–Trinajstić information content (AvgIpc) is 2.90. The molecule has 2 aromatic rings. The maximum atomic E-state index is 13.0. The summed E-state index contributed by atoms with van der Waals surface area (Å²) in [5, 5.41) is 14.5. The Balaban J connectivity index is 1.61. The third-order valence-electron chi connectivity index (χ3n) is 4.35. The van der Waals surface area contributed by atoms with Crippen molar-refractivity contribution in [3.63, 3.8) is 0 Å². The molecular weight excluding hydrogens is 281 g/mol. The van der Waals surface area contributed by atoms with Crippen molar-refractivity contribution >= 4 is 0 Å². The lowest BCUT2D eigenvalue weighted by Crippen LogP contribution is -2.43. The molecule has 0 unspecified atom stereocenters. The zero-order valence-electron chi connectivity index (χ0n) is 12.8. The second kappa shape index (κ2) is 6.58. The molecule has 0 saturated carbocycles. The van der Waals surface area contributed by atoms with Crippen LogP contribution in [0.15, 0.2) is 36.7 Å². The van der Waals surface area contributed by atoms with Gasteiger partial charge in [0.05, 0.1) is 12.3 Å². The van der Waals surface area contributed by atoms with Gasteiger partial charge < -0.3 is 5.11 Å². The van der Waals surface area contributed by atoms with E-state index < -0.39 is 0 Å². The van der Waals surface area contributed by atoms with Gasteiger partial charge in [-0.05, 0) is 30.5 Å². The highest BCUT2D eigenvalue weighted by molar-refractivity contribution is 5.17. The summed E-state index contributed by atoms with van der Waals surface area (Å²) < 4.78 is 14.8. The first-order valence-corrected chi connectivity index (χ1v) is 7.72. The van der Waals surface area contributed by atoms with Crippen molar-refractivity contribution in [2.24, 2.45) is 13.0 Å². The van der Waals surface area contributed by atoms with Crippen molar-refractivity contribution in [2.45, 2.75) is 25.5 Å². The highest BCUT2D eigenvalue weighted by Crippen LogP contribution is 2.23. The quantitative estimate of drug-likeness (QED) is 0.939. The maximum Gasteiger partial charge on any atom is 0.123 e. The van der Waals surface area contributed by atoms with E-state index in [1.54, 1.807) is 0 Å². The summed E-state index contributed by atoms with van der Waals surface area (Å²) in [5.74, 6) is -0.0259. The van der Waals surface area contributed by atoms with Gasteiger partial charge in [-0.25, -0.2) is 4.39 Å². The Morgan fingerprint density at radius 1 is 1.27 bits per heavy atom. The molecule has 118 valence electrons. The van der Waals surface area contributed by atoms with Gasteiger partial charge in [-0.3, -0.25) is 9.58 Å². The number of nitrogens with zero attached hydrogens (tertiary/aromatic N) is 3. The number of halogens is 1. The number of rotatable bonds is 4. The summed E-state index contributed by atoms with van der Waals surface area (Å²) in [6.45, 7) is 2.61. The Labute approximate surface area is 130 Å². The molecule has 0 aliphatic carbocycles. The number of aryl methyl sites for hydroxylation is 1. The molecule has 5 heteroatoms. The summed E-state index contributed by atoms with van der Waals surface area (Å²) in [6.07, 6.45) is 5.20. The summed E-state index contributed by atoms with van der Waals surface area (Å²) in [7, 11) is 1.92. The van der Waals surface area contributed by atoms with Crippen LogP contribution in [0.25, 0.3) is 0 Å². The number of aliphatic hydroxyl groups is 1. The molecule has 1 aromatic carbocycles. The second-order valence-electron chi connectivity index (χ2n) is 6.20. The minimum absolute atomic E-state index is 0.191. The maximum absolute atomic E-state index is 13.0.